The van der Waals surface area contributed by atoms with Crippen LogP contribution in [0.25, 0.3) is 0 Å². The van der Waals surface area contributed by atoms with Crippen molar-refractivity contribution in [1.82, 2.24) is 0 Å². The first-order valence-electron chi connectivity index (χ1n) is 7.21. The second-order valence-corrected chi connectivity index (χ2v) is 6.05. The number of carbonyl (C=O) groups is 1. The third kappa shape index (κ3) is 3.84. The minimum atomic E-state index is -4.38. The smallest absolute Gasteiger partial charge is 0.325 e. The van der Waals surface area contributed by atoms with Crippen LogP contribution < -0.4 is 5.73 Å². The Morgan fingerprint density at radius 2 is 1.86 bits per heavy atom. The predicted octanol–water partition coefficient (Wildman–Crippen LogP) is 4.25. The molecule has 0 bridgehead atoms. The molecular formula is C16H20F3NO. The number of benzene rings is 1. The maximum absolute atomic E-state index is 12.6. The zero-order valence-corrected chi connectivity index (χ0v) is 12.1. The van der Waals surface area contributed by atoms with Gasteiger partial charge in [-0.05, 0) is 37.5 Å². The van der Waals surface area contributed by atoms with Gasteiger partial charge in [0, 0.05) is 17.5 Å². The summed E-state index contributed by atoms with van der Waals surface area (Å²) in [7, 11) is 0. The van der Waals surface area contributed by atoms with Gasteiger partial charge in [0.25, 0.3) is 0 Å². The summed E-state index contributed by atoms with van der Waals surface area (Å²) in [5, 5.41) is 0. The molecule has 0 aromatic heterocycles. The molecule has 1 saturated carbocycles. The molecule has 2 N–H and O–H groups in total. The Morgan fingerprint density at radius 1 is 1.24 bits per heavy atom. The van der Waals surface area contributed by atoms with Gasteiger partial charge < -0.3 is 5.73 Å². The summed E-state index contributed by atoms with van der Waals surface area (Å²) in [6.45, 7) is 1.53. The number of halogens is 3. The molecule has 21 heavy (non-hydrogen) atoms. The van der Waals surface area contributed by atoms with Gasteiger partial charge in [-0.3, -0.25) is 4.79 Å². The van der Waals surface area contributed by atoms with Crippen LogP contribution in [0, 0.1) is 6.92 Å². The topological polar surface area (TPSA) is 43.1 Å². The van der Waals surface area contributed by atoms with Crippen LogP contribution in [0.3, 0.4) is 0 Å². The summed E-state index contributed by atoms with van der Waals surface area (Å²) in [4.78, 5) is 12.3. The minimum Gasteiger partial charge on any atom is -0.325 e. The van der Waals surface area contributed by atoms with E-state index < -0.39 is 17.3 Å². The van der Waals surface area contributed by atoms with E-state index in [1.807, 2.05) is 0 Å². The molecule has 5 heteroatoms. The SMILES string of the molecule is Cc1cc(C(F)(F)F)ccc1C(=O)CC1(N)CCCCC1. The lowest BCUT2D eigenvalue weighted by Crippen LogP contribution is -2.43. The Hall–Kier alpha value is -1.36. The van der Waals surface area contributed by atoms with Gasteiger partial charge in [0.05, 0.1) is 5.56 Å². The van der Waals surface area contributed by atoms with Crippen LogP contribution in [0.15, 0.2) is 18.2 Å². The number of rotatable bonds is 3. The lowest BCUT2D eigenvalue weighted by atomic mass is 9.78. The Labute approximate surface area is 122 Å². The third-order valence-corrected chi connectivity index (χ3v) is 4.22. The summed E-state index contributed by atoms with van der Waals surface area (Å²) < 4.78 is 37.9. The van der Waals surface area contributed by atoms with Crippen LogP contribution >= 0.6 is 0 Å². The summed E-state index contributed by atoms with van der Waals surface area (Å²) in [5.41, 5.74) is 5.73. The summed E-state index contributed by atoms with van der Waals surface area (Å²) >= 11 is 0. The number of ketones is 1. The van der Waals surface area contributed by atoms with Gasteiger partial charge in [0.2, 0.25) is 0 Å². The van der Waals surface area contributed by atoms with Crippen LogP contribution in [0.2, 0.25) is 0 Å². The molecular weight excluding hydrogens is 279 g/mol. The zero-order chi connectivity index (χ0) is 15.7. The van der Waals surface area contributed by atoms with E-state index in [2.05, 4.69) is 0 Å². The second kappa shape index (κ2) is 5.79. The molecule has 116 valence electrons. The number of carbonyl (C=O) groups excluding carboxylic acids is 1. The number of hydrogen-bond donors (Lipinski definition) is 1. The first kappa shape index (κ1) is 16.0. The van der Waals surface area contributed by atoms with E-state index in [0.717, 1.165) is 44.2 Å². The molecule has 0 unspecified atom stereocenters. The van der Waals surface area contributed by atoms with Crippen molar-refractivity contribution >= 4 is 5.78 Å². The van der Waals surface area contributed by atoms with E-state index in [0.29, 0.717) is 11.1 Å². The molecule has 0 saturated heterocycles. The standard InChI is InChI=1S/C16H20F3NO/c1-11-9-12(16(17,18)19)5-6-13(11)14(21)10-15(20)7-3-2-4-8-15/h5-6,9H,2-4,7-8,10,20H2,1H3. The lowest BCUT2D eigenvalue weighted by molar-refractivity contribution is -0.137. The Morgan fingerprint density at radius 3 is 2.38 bits per heavy atom. The monoisotopic (exact) mass is 299 g/mol. The highest BCUT2D eigenvalue weighted by molar-refractivity contribution is 5.98. The molecule has 1 aromatic rings. The summed E-state index contributed by atoms with van der Waals surface area (Å²) in [6.07, 6.45) is 0.582. The quantitative estimate of drug-likeness (QED) is 0.848. The van der Waals surface area contributed by atoms with Gasteiger partial charge in [0.1, 0.15) is 0 Å². The van der Waals surface area contributed by atoms with Gasteiger partial charge in [-0.1, -0.05) is 25.3 Å². The van der Waals surface area contributed by atoms with E-state index in [-0.39, 0.29) is 12.2 Å². The van der Waals surface area contributed by atoms with Gasteiger partial charge in [-0.2, -0.15) is 13.2 Å². The average Bonchev–Trinajstić information content (AvgIpc) is 2.37. The van der Waals surface area contributed by atoms with Crippen LogP contribution in [-0.4, -0.2) is 11.3 Å². The minimum absolute atomic E-state index is 0.161. The van der Waals surface area contributed by atoms with Gasteiger partial charge in [-0.25, -0.2) is 0 Å². The van der Waals surface area contributed by atoms with Crippen molar-refractivity contribution in [3.63, 3.8) is 0 Å². The van der Waals surface area contributed by atoms with Crippen molar-refractivity contribution < 1.29 is 18.0 Å². The molecule has 1 fully saturated rings. The Kier molecular flexibility index (Phi) is 4.42. The summed E-state index contributed by atoms with van der Waals surface area (Å²) in [6, 6.07) is 3.26. The molecule has 1 aromatic carbocycles. The fraction of sp³-hybridized carbons (Fsp3) is 0.562. The largest absolute Gasteiger partial charge is 0.416 e. The van der Waals surface area contributed by atoms with Crippen molar-refractivity contribution in [3.8, 4) is 0 Å². The fourth-order valence-electron chi connectivity index (χ4n) is 3.00. The molecule has 0 aliphatic heterocycles. The normalized spacial score (nSPS) is 18.5. The molecule has 0 amide bonds. The molecule has 0 atom stereocenters. The van der Waals surface area contributed by atoms with E-state index >= 15 is 0 Å². The van der Waals surface area contributed by atoms with E-state index in [9.17, 15) is 18.0 Å². The van der Waals surface area contributed by atoms with Crippen LogP contribution in [0.1, 0.15) is 60.0 Å². The maximum atomic E-state index is 12.6. The van der Waals surface area contributed by atoms with E-state index in [4.69, 9.17) is 5.73 Å². The van der Waals surface area contributed by atoms with Crippen molar-refractivity contribution in [1.29, 1.82) is 0 Å². The van der Waals surface area contributed by atoms with Crippen LogP contribution in [0.5, 0.6) is 0 Å². The molecule has 0 heterocycles. The van der Waals surface area contributed by atoms with Crippen molar-refractivity contribution in [2.24, 2.45) is 5.73 Å². The number of Topliss-reactive ketones (excluding diaryl/α,β-unsaturated/α-hetero) is 1. The van der Waals surface area contributed by atoms with E-state index in [1.54, 1.807) is 0 Å². The highest BCUT2D eigenvalue weighted by atomic mass is 19.4. The lowest BCUT2D eigenvalue weighted by Gasteiger charge is -2.33. The highest BCUT2D eigenvalue weighted by Gasteiger charge is 2.33. The number of aryl methyl sites for hydroxylation is 1. The van der Waals surface area contributed by atoms with Crippen LogP contribution in [0.4, 0.5) is 13.2 Å². The molecule has 1 aliphatic carbocycles. The molecule has 2 nitrogen and oxygen atoms in total. The first-order chi connectivity index (χ1) is 9.71. The van der Waals surface area contributed by atoms with Gasteiger partial charge in [0.15, 0.2) is 5.78 Å². The van der Waals surface area contributed by atoms with Crippen molar-refractivity contribution in [2.45, 2.75) is 57.2 Å². The predicted molar refractivity (Wildman–Crippen MR) is 75.1 cm³/mol. The molecule has 2 rings (SSSR count). The van der Waals surface area contributed by atoms with Gasteiger partial charge in [-0.15, -0.1) is 0 Å². The molecule has 0 spiro atoms. The summed E-state index contributed by atoms with van der Waals surface area (Å²) in [5.74, 6) is -0.161. The maximum Gasteiger partial charge on any atom is 0.416 e. The number of alkyl halides is 3. The average molecular weight is 299 g/mol. The first-order valence-corrected chi connectivity index (χ1v) is 7.21. The molecule has 1 aliphatic rings. The number of nitrogens with two attached hydrogens (primary N) is 1. The van der Waals surface area contributed by atoms with Crippen LogP contribution in [-0.2, 0) is 6.18 Å². The highest BCUT2D eigenvalue weighted by Crippen LogP contribution is 2.33. The Bertz CT molecular complexity index is 531. The number of hydrogen-bond acceptors (Lipinski definition) is 2. The van der Waals surface area contributed by atoms with E-state index in [1.165, 1.54) is 13.0 Å². The molecule has 0 radical (unpaired) electrons. The van der Waals surface area contributed by atoms with Crippen molar-refractivity contribution in [2.75, 3.05) is 0 Å². The third-order valence-electron chi connectivity index (χ3n) is 4.22. The fourth-order valence-corrected chi connectivity index (χ4v) is 3.00. The zero-order valence-electron chi connectivity index (χ0n) is 12.1. The second-order valence-electron chi connectivity index (χ2n) is 6.05. The van der Waals surface area contributed by atoms with Crippen molar-refractivity contribution in [3.05, 3.63) is 34.9 Å². The van der Waals surface area contributed by atoms with Gasteiger partial charge >= 0.3 is 6.18 Å². The Balaban J connectivity index is 2.16.